The lowest BCUT2D eigenvalue weighted by Crippen LogP contribution is -2.52. The van der Waals surface area contributed by atoms with E-state index < -0.39 is 0 Å². The van der Waals surface area contributed by atoms with Crippen molar-refractivity contribution >= 4 is 11.8 Å². The predicted octanol–water partition coefficient (Wildman–Crippen LogP) is 1.06. The molecule has 2 rings (SSSR count). The van der Waals surface area contributed by atoms with Crippen molar-refractivity contribution in [3.8, 4) is 0 Å². The second kappa shape index (κ2) is 5.23. The Kier molecular flexibility index (Phi) is 3.94. The zero-order valence-electron chi connectivity index (χ0n) is 9.32. The molecule has 15 heavy (non-hydrogen) atoms. The van der Waals surface area contributed by atoms with Crippen LogP contribution in [-0.4, -0.2) is 48.7 Å². The average Bonchev–Trinajstić information content (AvgIpc) is 2.30. The smallest absolute Gasteiger partial charge is 0.110 e. The van der Waals surface area contributed by atoms with E-state index in [1.165, 1.54) is 5.75 Å². The van der Waals surface area contributed by atoms with Gasteiger partial charge in [-0.15, -0.1) is 0 Å². The minimum absolute atomic E-state index is 0.0584. The van der Waals surface area contributed by atoms with E-state index in [4.69, 9.17) is 10.5 Å². The fourth-order valence-corrected chi connectivity index (χ4v) is 3.37. The summed E-state index contributed by atoms with van der Waals surface area (Å²) >= 11 is 1.99. The van der Waals surface area contributed by atoms with E-state index in [1.54, 1.807) is 0 Å². The van der Waals surface area contributed by atoms with Crippen molar-refractivity contribution in [1.82, 2.24) is 4.90 Å². The summed E-state index contributed by atoms with van der Waals surface area (Å²) in [5.41, 5.74) is 6.27. The van der Waals surface area contributed by atoms with Crippen molar-refractivity contribution in [2.24, 2.45) is 5.73 Å². The molecule has 0 amide bonds. The SMILES string of the molecule is CN1CCSCC1C(N)C1=CCCCO1. The summed E-state index contributed by atoms with van der Waals surface area (Å²) in [5.74, 6) is 3.36. The summed E-state index contributed by atoms with van der Waals surface area (Å²) in [6, 6.07) is 0.496. The standard InChI is InChI=1S/C11H20N2OS/c1-13-5-7-15-8-9(13)11(12)10-4-2-3-6-14-10/h4,9,11H,2-3,5-8,12H2,1H3. The molecule has 4 heteroatoms. The maximum atomic E-state index is 6.27. The van der Waals surface area contributed by atoms with Crippen LogP contribution in [0.25, 0.3) is 0 Å². The van der Waals surface area contributed by atoms with Crippen molar-refractivity contribution in [2.75, 3.05) is 31.7 Å². The van der Waals surface area contributed by atoms with Crippen LogP contribution in [0.2, 0.25) is 0 Å². The molecule has 2 atom stereocenters. The molecular formula is C11H20N2OS. The van der Waals surface area contributed by atoms with Gasteiger partial charge in [-0.25, -0.2) is 0 Å². The number of rotatable bonds is 2. The first-order valence-electron chi connectivity index (χ1n) is 5.65. The molecule has 0 bridgehead atoms. The van der Waals surface area contributed by atoms with E-state index in [0.717, 1.165) is 37.5 Å². The molecule has 1 saturated heterocycles. The highest BCUT2D eigenvalue weighted by molar-refractivity contribution is 7.99. The Morgan fingerprint density at radius 3 is 3.20 bits per heavy atom. The number of allylic oxidation sites excluding steroid dienone is 1. The van der Waals surface area contributed by atoms with Crippen molar-refractivity contribution in [1.29, 1.82) is 0 Å². The molecule has 0 aromatic heterocycles. The lowest BCUT2D eigenvalue weighted by molar-refractivity contribution is 0.145. The van der Waals surface area contributed by atoms with E-state index in [0.29, 0.717) is 6.04 Å². The predicted molar refractivity (Wildman–Crippen MR) is 65.0 cm³/mol. The number of hydrogen-bond acceptors (Lipinski definition) is 4. The minimum Gasteiger partial charge on any atom is -0.497 e. The summed E-state index contributed by atoms with van der Waals surface area (Å²) in [6.45, 7) is 1.97. The Morgan fingerprint density at radius 1 is 1.67 bits per heavy atom. The molecule has 0 aromatic rings. The number of nitrogens with zero attached hydrogens (tertiary/aromatic N) is 1. The van der Waals surface area contributed by atoms with Crippen molar-refractivity contribution in [2.45, 2.75) is 24.9 Å². The van der Waals surface area contributed by atoms with Gasteiger partial charge in [-0.1, -0.05) is 0 Å². The molecule has 2 heterocycles. The van der Waals surface area contributed by atoms with E-state index in [-0.39, 0.29) is 6.04 Å². The van der Waals surface area contributed by atoms with Crippen LogP contribution in [0.3, 0.4) is 0 Å². The molecule has 0 aromatic carbocycles. The number of nitrogens with two attached hydrogens (primary N) is 1. The van der Waals surface area contributed by atoms with Crippen LogP contribution in [0.1, 0.15) is 12.8 Å². The van der Waals surface area contributed by atoms with Gasteiger partial charge in [0.2, 0.25) is 0 Å². The van der Waals surface area contributed by atoms with Crippen LogP contribution < -0.4 is 5.73 Å². The summed E-state index contributed by atoms with van der Waals surface area (Å²) in [6.07, 6.45) is 4.42. The number of thioether (sulfide) groups is 1. The number of ether oxygens (including phenoxy) is 1. The van der Waals surface area contributed by atoms with Crippen LogP contribution in [0.5, 0.6) is 0 Å². The first-order valence-corrected chi connectivity index (χ1v) is 6.81. The van der Waals surface area contributed by atoms with Crippen LogP contribution in [-0.2, 0) is 4.74 Å². The normalized spacial score (nSPS) is 30.5. The lowest BCUT2D eigenvalue weighted by atomic mass is 10.0. The van der Waals surface area contributed by atoms with Gasteiger partial charge in [0, 0.05) is 24.1 Å². The average molecular weight is 228 g/mol. The van der Waals surface area contributed by atoms with Crippen LogP contribution in [0.15, 0.2) is 11.8 Å². The van der Waals surface area contributed by atoms with Gasteiger partial charge in [0.05, 0.1) is 12.6 Å². The van der Waals surface area contributed by atoms with Gasteiger partial charge in [0.15, 0.2) is 0 Å². The highest BCUT2D eigenvalue weighted by Crippen LogP contribution is 2.22. The zero-order valence-corrected chi connectivity index (χ0v) is 10.1. The van der Waals surface area contributed by atoms with Gasteiger partial charge in [0.25, 0.3) is 0 Å². The Balaban J connectivity index is 1.98. The topological polar surface area (TPSA) is 38.5 Å². The van der Waals surface area contributed by atoms with Gasteiger partial charge in [0.1, 0.15) is 5.76 Å². The van der Waals surface area contributed by atoms with Crippen molar-refractivity contribution in [3.63, 3.8) is 0 Å². The Morgan fingerprint density at radius 2 is 2.53 bits per heavy atom. The molecule has 86 valence electrons. The van der Waals surface area contributed by atoms with E-state index >= 15 is 0 Å². The molecule has 1 fully saturated rings. The van der Waals surface area contributed by atoms with E-state index in [1.807, 2.05) is 11.8 Å². The Bertz CT molecular complexity index is 245. The van der Waals surface area contributed by atoms with Crippen LogP contribution >= 0.6 is 11.8 Å². The van der Waals surface area contributed by atoms with Crippen molar-refractivity contribution in [3.05, 3.63) is 11.8 Å². The minimum atomic E-state index is 0.0584. The van der Waals surface area contributed by atoms with Crippen LogP contribution in [0, 0.1) is 0 Å². The largest absolute Gasteiger partial charge is 0.497 e. The third-order valence-electron chi connectivity index (χ3n) is 3.15. The number of hydrogen-bond donors (Lipinski definition) is 1. The molecule has 2 N–H and O–H groups in total. The summed E-state index contributed by atoms with van der Waals surface area (Å²) in [7, 11) is 2.16. The molecule has 0 radical (unpaired) electrons. The lowest BCUT2D eigenvalue weighted by Gasteiger charge is -2.37. The monoisotopic (exact) mass is 228 g/mol. The van der Waals surface area contributed by atoms with Crippen molar-refractivity contribution < 1.29 is 4.74 Å². The highest BCUT2D eigenvalue weighted by atomic mass is 32.2. The van der Waals surface area contributed by atoms with Crippen LogP contribution in [0.4, 0.5) is 0 Å². The van der Waals surface area contributed by atoms with E-state index in [9.17, 15) is 0 Å². The van der Waals surface area contributed by atoms with Gasteiger partial charge in [-0.2, -0.15) is 11.8 Å². The molecule has 2 unspecified atom stereocenters. The number of likely N-dealkylation sites (N-methyl/N-ethyl adjacent to an activating group) is 1. The molecule has 0 aliphatic carbocycles. The third-order valence-corrected chi connectivity index (χ3v) is 4.20. The summed E-state index contributed by atoms with van der Waals surface area (Å²) < 4.78 is 5.64. The zero-order chi connectivity index (χ0) is 10.7. The third kappa shape index (κ3) is 2.68. The summed E-state index contributed by atoms with van der Waals surface area (Å²) in [5, 5.41) is 0. The maximum Gasteiger partial charge on any atom is 0.110 e. The fourth-order valence-electron chi connectivity index (χ4n) is 2.08. The van der Waals surface area contributed by atoms with Gasteiger partial charge >= 0.3 is 0 Å². The highest BCUT2D eigenvalue weighted by Gasteiger charge is 2.29. The second-order valence-electron chi connectivity index (χ2n) is 4.25. The first kappa shape index (κ1) is 11.3. The quantitative estimate of drug-likeness (QED) is 0.767. The Labute approximate surface area is 96.0 Å². The molecule has 2 aliphatic rings. The first-order chi connectivity index (χ1) is 7.29. The fraction of sp³-hybridized carbons (Fsp3) is 0.818. The summed E-state index contributed by atoms with van der Waals surface area (Å²) in [4.78, 5) is 2.36. The molecular weight excluding hydrogens is 208 g/mol. The van der Waals surface area contributed by atoms with Gasteiger partial charge < -0.3 is 10.5 Å². The second-order valence-corrected chi connectivity index (χ2v) is 5.40. The van der Waals surface area contributed by atoms with Gasteiger partial charge in [-0.3, -0.25) is 4.90 Å². The molecule has 3 nitrogen and oxygen atoms in total. The Hall–Kier alpha value is -0.190. The molecule has 0 saturated carbocycles. The molecule has 2 aliphatic heterocycles. The van der Waals surface area contributed by atoms with E-state index in [2.05, 4.69) is 18.0 Å². The maximum absolute atomic E-state index is 6.27. The van der Waals surface area contributed by atoms with Gasteiger partial charge in [-0.05, 0) is 26.0 Å². The molecule has 0 spiro atoms.